The predicted molar refractivity (Wildman–Crippen MR) is 113 cm³/mol. The van der Waals surface area contributed by atoms with E-state index in [9.17, 15) is 0 Å². The maximum Gasteiger partial charge on any atom is 0.125 e. The van der Waals surface area contributed by atoms with Crippen molar-refractivity contribution in [3.05, 3.63) is 59.7 Å². The highest BCUT2D eigenvalue weighted by Gasteiger charge is 2.41. The summed E-state index contributed by atoms with van der Waals surface area (Å²) in [4.78, 5) is 2.32. The van der Waals surface area contributed by atoms with Crippen molar-refractivity contribution in [2.75, 3.05) is 33.9 Å². The van der Waals surface area contributed by atoms with Crippen LogP contribution < -0.4 is 14.8 Å². The first-order valence-corrected chi connectivity index (χ1v) is 10.5. The summed E-state index contributed by atoms with van der Waals surface area (Å²) in [6.07, 6.45) is 2.26. The van der Waals surface area contributed by atoms with Crippen LogP contribution in [0.5, 0.6) is 11.5 Å². The van der Waals surface area contributed by atoms with E-state index in [1.165, 1.54) is 5.56 Å². The van der Waals surface area contributed by atoms with Crippen molar-refractivity contribution in [2.45, 2.75) is 43.4 Å². The third-order valence-corrected chi connectivity index (χ3v) is 6.27. The summed E-state index contributed by atoms with van der Waals surface area (Å²) in [5.74, 6) is 2.12. The molecule has 0 spiro atoms. The number of likely N-dealkylation sites (tertiary alicyclic amines) is 1. The van der Waals surface area contributed by atoms with E-state index in [1.54, 1.807) is 14.2 Å². The third kappa shape index (κ3) is 5.09. The van der Waals surface area contributed by atoms with Gasteiger partial charge in [0.25, 0.3) is 0 Å². The number of rotatable bonds is 8. The lowest BCUT2D eigenvalue weighted by atomic mass is 9.93. The number of piperidine rings is 1. The lowest BCUT2D eigenvalue weighted by molar-refractivity contribution is 0.0543. The van der Waals surface area contributed by atoms with Crippen molar-refractivity contribution >= 4 is 0 Å². The zero-order valence-corrected chi connectivity index (χ0v) is 17.4. The van der Waals surface area contributed by atoms with Crippen LogP contribution >= 0.6 is 0 Å². The van der Waals surface area contributed by atoms with Crippen molar-refractivity contribution < 1.29 is 13.9 Å². The number of hydrogen-bond acceptors (Lipinski definition) is 4. The van der Waals surface area contributed by atoms with Crippen LogP contribution in [-0.2, 0) is 6.54 Å². The van der Waals surface area contributed by atoms with E-state index in [0.29, 0.717) is 31.3 Å². The highest BCUT2D eigenvalue weighted by atomic mass is 19.1. The van der Waals surface area contributed by atoms with Crippen LogP contribution in [0.3, 0.4) is 0 Å². The van der Waals surface area contributed by atoms with Gasteiger partial charge in [0.15, 0.2) is 0 Å². The molecule has 1 saturated heterocycles. The molecule has 1 aliphatic heterocycles. The van der Waals surface area contributed by atoms with Crippen LogP contribution in [0.1, 0.15) is 36.3 Å². The van der Waals surface area contributed by atoms with Crippen molar-refractivity contribution in [1.29, 1.82) is 0 Å². The number of alkyl halides is 1. The zero-order valence-electron chi connectivity index (χ0n) is 17.4. The Labute approximate surface area is 173 Å². The number of halogens is 1. The molecule has 2 atom stereocenters. The Balaban J connectivity index is 1.25. The molecule has 2 unspecified atom stereocenters. The fourth-order valence-corrected chi connectivity index (χ4v) is 4.31. The number of benzene rings is 2. The molecule has 1 N–H and O–H groups in total. The van der Waals surface area contributed by atoms with Gasteiger partial charge in [-0.05, 0) is 42.5 Å². The minimum absolute atomic E-state index is 0.423. The Morgan fingerprint density at radius 2 is 1.69 bits per heavy atom. The molecule has 2 fully saturated rings. The molecule has 2 aliphatic rings. The molecule has 156 valence electrons. The molecule has 0 amide bonds. The number of ether oxygens (including phenoxy) is 2. The highest BCUT2D eigenvalue weighted by Crippen LogP contribution is 2.41. The smallest absolute Gasteiger partial charge is 0.125 e. The second-order valence-electron chi connectivity index (χ2n) is 8.39. The summed E-state index contributed by atoms with van der Waals surface area (Å²) < 4.78 is 26.0. The Morgan fingerprint density at radius 3 is 2.31 bits per heavy atom. The van der Waals surface area contributed by atoms with Crippen LogP contribution in [-0.4, -0.2) is 50.5 Å². The maximum atomic E-state index is 15.3. The first kappa shape index (κ1) is 20.2. The summed E-state index contributed by atoms with van der Waals surface area (Å²) in [6, 6.07) is 16.9. The molecule has 1 saturated carbocycles. The average molecular weight is 399 g/mol. The van der Waals surface area contributed by atoms with Gasteiger partial charge in [-0.15, -0.1) is 0 Å². The van der Waals surface area contributed by atoms with Gasteiger partial charge in [0, 0.05) is 44.2 Å². The van der Waals surface area contributed by atoms with E-state index in [1.807, 2.05) is 24.3 Å². The fourth-order valence-electron chi connectivity index (χ4n) is 4.31. The van der Waals surface area contributed by atoms with Crippen molar-refractivity contribution in [3.8, 4) is 11.5 Å². The molecule has 0 aromatic heterocycles. The second kappa shape index (κ2) is 8.72. The maximum absolute atomic E-state index is 15.3. The van der Waals surface area contributed by atoms with E-state index in [0.717, 1.165) is 43.1 Å². The molecule has 5 heteroatoms. The lowest BCUT2D eigenvalue weighted by Crippen LogP contribution is -2.47. The van der Waals surface area contributed by atoms with E-state index >= 15 is 4.39 Å². The molecule has 0 bridgehead atoms. The van der Waals surface area contributed by atoms with Crippen molar-refractivity contribution in [1.82, 2.24) is 10.2 Å². The molecule has 4 nitrogen and oxygen atoms in total. The Morgan fingerprint density at radius 1 is 1.03 bits per heavy atom. The Bertz CT molecular complexity index is 784. The predicted octanol–water partition coefficient (Wildman–Crippen LogP) is 4.15. The van der Waals surface area contributed by atoms with E-state index < -0.39 is 5.67 Å². The van der Waals surface area contributed by atoms with E-state index in [2.05, 4.69) is 34.5 Å². The standard InChI is InChI=1S/C24H31FN2O2/c1-28-20-12-18(13-21(14-20)29-2)16-27-10-8-24(25,9-11-27)17-26-23-15-22(23)19-6-4-3-5-7-19/h3-7,12-14,22-23,26H,8-11,15-17H2,1-2H3. The van der Waals surface area contributed by atoms with Crippen LogP contribution in [0.2, 0.25) is 0 Å². The molecule has 4 rings (SSSR count). The summed E-state index contributed by atoms with van der Waals surface area (Å²) in [6.45, 7) is 2.78. The quantitative estimate of drug-likeness (QED) is 0.724. The number of hydrogen-bond donors (Lipinski definition) is 1. The first-order valence-electron chi connectivity index (χ1n) is 10.5. The van der Waals surface area contributed by atoms with E-state index in [4.69, 9.17) is 9.47 Å². The average Bonchev–Trinajstić information content (AvgIpc) is 3.54. The molecule has 1 heterocycles. The third-order valence-electron chi connectivity index (χ3n) is 6.27. The van der Waals surface area contributed by atoms with Gasteiger partial charge >= 0.3 is 0 Å². The molecule has 2 aromatic carbocycles. The summed E-state index contributed by atoms with van der Waals surface area (Å²) in [5, 5.41) is 3.48. The second-order valence-corrected chi connectivity index (χ2v) is 8.39. The Kier molecular flexibility index (Phi) is 6.07. The van der Waals surface area contributed by atoms with Crippen LogP contribution in [0.4, 0.5) is 4.39 Å². The number of nitrogens with one attached hydrogen (secondary N) is 1. The monoisotopic (exact) mass is 398 g/mol. The van der Waals surface area contributed by atoms with Crippen LogP contribution in [0, 0.1) is 0 Å². The van der Waals surface area contributed by atoms with Gasteiger partial charge < -0.3 is 14.8 Å². The topological polar surface area (TPSA) is 33.7 Å². The molecule has 0 radical (unpaired) electrons. The molecule has 2 aromatic rings. The number of methoxy groups -OCH3 is 2. The first-order chi connectivity index (χ1) is 14.1. The summed E-state index contributed by atoms with van der Waals surface area (Å²) in [7, 11) is 3.32. The van der Waals surface area contributed by atoms with Gasteiger partial charge in [0.2, 0.25) is 0 Å². The normalized spacial score (nSPS) is 23.6. The van der Waals surface area contributed by atoms with Gasteiger partial charge in [-0.25, -0.2) is 4.39 Å². The van der Waals surface area contributed by atoms with Gasteiger partial charge in [-0.2, -0.15) is 0 Å². The minimum atomic E-state index is -1.10. The molecular formula is C24H31FN2O2. The molecular weight excluding hydrogens is 367 g/mol. The highest BCUT2D eigenvalue weighted by molar-refractivity contribution is 5.38. The number of nitrogens with zero attached hydrogens (tertiary/aromatic N) is 1. The van der Waals surface area contributed by atoms with Gasteiger partial charge in [0.1, 0.15) is 17.2 Å². The summed E-state index contributed by atoms with van der Waals surface area (Å²) in [5.41, 5.74) is 1.39. The lowest BCUT2D eigenvalue weighted by Gasteiger charge is -2.36. The van der Waals surface area contributed by atoms with Gasteiger partial charge in [-0.3, -0.25) is 4.90 Å². The van der Waals surface area contributed by atoms with Crippen molar-refractivity contribution in [2.24, 2.45) is 0 Å². The Hall–Kier alpha value is -2.11. The van der Waals surface area contributed by atoms with Crippen LogP contribution in [0.25, 0.3) is 0 Å². The zero-order chi connectivity index (χ0) is 20.3. The van der Waals surface area contributed by atoms with Crippen molar-refractivity contribution in [3.63, 3.8) is 0 Å². The molecule has 1 aliphatic carbocycles. The van der Waals surface area contributed by atoms with Crippen LogP contribution in [0.15, 0.2) is 48.5 Å². The fraction of sp³-hybridized carbons (Fsp3) is 0.500. The van der Waals surface area contributed by atoms with Gasteiger partial charge in [-0.1, -0.05) is 30.3 Å². The molecule has 29 heavy (non-hydrogen) atoms. The SMILES string of the molecule is COc1cc(CN2CCC(F)(CNC3CC3c3ccccc3)CC2)cc(OC)c1. The van der Waals surface area contributed by atoms with Gasteiger partial charge in [0.05, 0.1) is 14.2 Å². The van der Waals surface area contributed by atoms with E-state index in [-0.39, 0.29) is 0 Å². The minimum Gasteiger partial charge on any atom is -0.497 e. The largest absolute Gasteiger partial charge is 0.497 e. The summed E-state index contributed by atoms with van der Waals surface area (Å²) >= 11 is 0.